The summed E-state index contributed by atoms with van der Waals surface area (Å²) < 4.78 is 0. The Labute approximate surface area is 143 Å². The van der Waals surface area contributed by atoms with Gasteiger partial charge in [-0.15, -0.1) is 11.8 Å². The van der Waals surface area contributed by atoms with Crippen molar-refractivity contribution in [3.8, 4) is 0 Å². The highest BCUT2D eigenvalue weighted by Crippen LogP contribution is 2.19. The number of halogens is 2. The van der Waals surface area contributed by atoms with Gasteiger partial charge in [0, 0.05) is 27.7 Å². The van der Waals surface area contributed by atoms with E-state index in [1.54, 1.807) is 30.0 Å². The Morgan fingerprint density at radius 2 is 1.95 bits per heavy atom. The highest BCUT2D eigenvalue weighted by atomic mass is 35.5. The molecule has 0 radical (unpaired) electrons. The van der Waals surface area contributed by atoms with Gasteiger partial charge < -0.3 is 0 Å². The zero-order valence-electron chi connectivity index (χ0n) is 11.6. The minimum absolute atomic E-state index is 0.134. The molecule has 0 bridgehead atoms. The summed E-state index contributed by atoms with van der Waals surface area (Å²) in [5.74, 6) is 0.567. The normalized spacial score (nSPS) is 10.8. The number of hydrogen-bond donors (Lipinski definition) is 1. The van der Waals surface area contributed by atoms with Crippen molar-refractivity contribution >= 4 is 47.1 Å². The number of carbonyl (C=O) groups excluding carboxylic acids is 1. The quantitative estimate of drug-likeness (QED) is 0.468. The van der Waals surface area contributed by atoms with Gasteiger partial charge in [-0.1, -0.05) is 47.5 Å². The molecule has 0 unspecified atom stereocenters. The van der Waals surface area contributed by atoms with Gasteiger partial charge in [-0.25, -0.2) is 5.43 Å². The van der Waals surface area contributed by atoms with Crippen LogP contribution in [0.4, 0.5) is 0 Å². The summed E-state index contributed by atoms with van der Waals surface area (Å²) >= 11 is 13.4. The second-order valence-corrected chi connectivity index (χ2v) is 6.38. The molecule has 1 amide bonds. The fourth-order valence-corrected chi connectivity index (χ4v) is 2.94. The Bertz CT molecular complexity index is 662. The molecule has 2 aromatic rings. The smallest absolute Gasteiger partial charge is 0.240 e. The van der Waals surface area contributed by atoms with Gasteiger partial charge in [-0.2, -0.15) is 5.10 Å². The molecule has 0 aliphatic rings. The summed E-state index contributed by atoms with van der Waals surface area (Å²) in [4.78, 5) is 12.8. The van der Waals surface area contributed by atoms with E-state index < -0.39 is 0 Å². The average Bonchev–Trinajstić information content (AvgIpc) is 2.50. The van der Waals surface area contributed by atoms with Crippen molar-refractivity contribution in [2.24, 2.45) is 5.10 Å². The molecule has 6 heteroatoms. The number of carbonyl (C=O) groups is 1. The number of amides is 1. The van der Waals surface area contributed by atoms with E-state index in [0.717, 1.165) is 4.90 Å². The SMILES string of the molecule is O=C(CCSc1ccccc1)N/N=C\c1ccc(Cl)cc1Cl. The van der Waals surface area contributed by atoms with Crippen LogP contribution < -0.4 is 5.43 Å². The van der Waals surface area contributed by atoms with Crippen LogP contribution in [0.1, 0.15) is 12.0 Å². The van der Waals surface area contributed by atoms with E-state index in [4.69, 9.17) is 23.2 Å². The van der Waals surface area contributed by atoms with E-state index >= 15 is 0 Å². The lowest BCUT2D eigenvalue weighted by atomic mass is 10.2. The van der Waals surface area contributed by atoms with Crippen molar-refractivity contribution in [3.63, 3.8) is 0 Å². The largest absolute Gasteiger partial charge is 0.273 e. The minimum atomic E-state index is -0.134. The predicted molar refractivity (Wildman–Crippen MR) is 94.0 cm³/mol. The Kier molecular flexibility index (Phi) is 6.77. The number of hydrazone groups is 1. The monoisotopic (exact) mass is 352 g/mol. The molecule has 1 N–H and O–H groups in total. The third-order valence-corrected chi connectivity index (χ3v) is 4.27. The van der Waals surface area contributed by atoms with Crippen molar-refractivity contribution in [3.05, 3.63) is 64.1 Å². The Hall–Kier alpha value is -1.49. The van der Waals surface area contributed by atoms with Crippen LogP contribution in [-0.2, 0) is 4.79 Å². The molecule has 0 spiro atoms. The molecule has 2 aromatic carbocycles. The van der Waals surface area contributed by atoms with Crippen molar-refractivity contribution in [2.75, 3.05) is 5.75 Å². The van der Waals surface area contributed by atoms with Crippen LogP contribution in [0, 0.1) is 0 Å². The number of benzene rings is 2. The topological polar surface area (TPSA) is 41.5 Å². The summed E-state index contributed by atoms with van der Waals surface area (Å²) in [6.45, 7) is 0. The summed E-state index contributed by atoms with van der Waals surface area (Å²) in [6, 6.07) is 15.0. The lowest BCUT2D eigenvalue weighted by Gasteiger charge is -2.01. The van der Waals surface area contributed by atoms with Crippen molar-refractivity contribution < 1.29 is 4.79 Å². The third kappa shape index (κ3) is 5.72. The lowest BCUT2D eigenvalue weighted by Crippen LogP contribution is -2.17. The Morgan fingerprint density at radius 1 is 1.18 bits per heavy atom. The van der Waals surface area contributed by atoms with Gasteiger partial charge in [-0.05, 0) is 24.3 Å². The van der Waals surface area contributed by atoms with Gasteiger partial charge in [0.2, 0.25) is 5.91 Å². The number of thioether (sulfide) groups is 1. The summed E-state index contributed by atoms with van der Waals surface area (Å²) in [6.07, 6.45) is 1.89. The second kappa shape index (κ2) is 8.83. The van der Waals surface area contributed by atoms with Gasteiger partial charge in [0.25, 0.3) is 0 Å². The van der Waals surface area contributed by atoms with Crippen molar-refractivity contribution in [1.29, 1.82) is 0 Å². The minimum Gasteiger partial charge on any atom is -0.273 e. The molecule has 0 fully saturated rings. The van der Waals surface area contributed by atoms with Crippen LogP contribution >= 0.6 is 35.0 Å². The first-order chi connectivity index (χ1) is 10.6. The molecule has 0 heterocycles. The van der Waals surface area contributed by atoms with Crippen LogP contribution in [0.25, 0.3) is 0 Å². The predicted octanol–water partition coefficient (Wildman–Crippen LogP) is 4.63. The molecule has 22 heavy (non-hydrogen) atoms. The molecule has 114 valence electrons. The number of nitrogens with one attached hydrogen (secondary N) is 1. The fourth-order valence-electron chi connectivity index (χ4n) is 1.61. The van der Waals surface area contributed by atoms with E-state index in [0.29, 0.717) is 27.8 Å². The third-order valence-electron chi connectivity index (χ3n) is 2.70. The number of nitrogens with zero attached hydrogens (tertiary/aromatic N) is 1. The summed E-state index contributed by atoms with van der Waals surface area (Å²) in [5.41, 5.74) is 3.18. The lowest BCUT2D eigenvalue weighted by molar-refractivity contribution is -0.120. The zero-order chi connectivity index (χ0) is 15.8. The van der Waals surface area contributed by atoms with Gasteiger partial charge in [0.1, 0.15) is 0 Å². The van der Waals surface area contributed by atoms with Crippen LogP contribution in [0.3, 0.4) is 0 Å². The van der Waals surface area contributed by atoms with Gasteiger partial charge >= 0.3 is 0 Å². The van der Waals surface area contributed by atoms with E-state index in [1.165, 1.54) is 6.21 Å². The van der Waals surface area contributed by atoms with E-state index in [1.807, 2.05) is 30.3 Å². The maximum Gasteiger partial charge on any atom is 0.240 e. The molecule has 2 rings (SSSR count). The van der Waals surface area contributed by atoms with Gasteiger partial charge in [0.15, 0.2) is 0 Å². The van der Waals surface area contributed by atoms with E-state index in [-0.39, 0.29) is 5.91 Å². The molecule has 0 saturated heterocycles. The molecular formula is C16H14Cl2N2OS. The molecule has 0 atom stereocenters. The second-order valence-electron chi connectivity index (χ2n) is 4.37. The summed E-state index contributed by atoms with van der Waals surface area (Å²) in [5, 5.41) is 4.95. The van der Waals surface area contributed by atoms with Crippen LogP contribution in [-0.4, -0.2) is 17.9 Å². The Balaban J connectivity index is 1.74. The zero-order valence-corrected chi connectivity index (χ0v) is 14.0. The molecule has 0 aliphatic carbocycles. The Morgan fingerprint density at radius 3 is 2.68 bits per heavy atom. The molecule has 0 aromatic heterocycles. The first kappa shape index (κ1) is 16.9. The van der Waals surface area contributed by atoms with Crippen LogP contribution in [0.2, 0.25) is 10.0 Å². The van der Waals surface area contributed by atoms with Crippen molar-refractivity contribution in [2.45, 2.75) is 11.3 Å². The maximum absolute atomic E-state index is 11.7. The molecule has 3 nitrogen and oxygen atoms in total. The summed E-state index contributed by atoms with van der Waals surface area (Å²) in [7, 11) is 0. The fraction of sp³-hybridized carbons (Fsp3) is 0.125. The van der Waals surface area contributed by atoms with E-state index in [2.05, 4.69) is 10.5 Å². The standard InChI is InChI=1S/C16H14Cl2N2OS/c17-13-7-6-12(15(18)10-13)11-19-20-16(21)8-9-22-14-4-2-1-3-5-14/h1-7,10-11H,8-9H2,(H,20,21)/b19-11-. The number of rotatable bonds is 6. The van der Waals surface area contributed by atoms with Crippen LogP contribution in [0.5, 0.6) is 0 Å². The van der Waals surface area contributed by atoms with Crippen molar-refractivity contribution in [1.82, 2.24) is 5.43 Å². The van der Waals surface area contributed by atoms with Gasteiger partial charge in [0.05, 0.1) is 11.2 Å². The van der Waals surface area contributed by atoms with E-state index in [9.17, 15) is 4.79 Å². The first-order valence-electron chi connectivity index (χ1n) is 6.60. The molecular weight excluding hydrogens is 339 g/mol. The average molecular weight is 353 g/mol. The highest BCUT2D eigenvalue weighted by Gasteiger charge is 2.01. The highest BCUT2D eigenvalue weighted by molar-refractivity contribution is 7.99. The van der Waals surface area contributed by atoms with Crippen LogP contribution in [0.15, 0.2) is 58.5 Å². The molecule has 0 aliphatic heterocycles. The first-order valence-corrected chi connectivity index (χ1v) is 8.34. The number of hydrogen-bond acceptors (Lipinski definition) is 3. The maximum atomic E-state index is 11.7. The van der Waals surface area contributed by atoms with Gasteiger partial charge in [-0.3, -0.25) is 4.79 Å². The molecule has 0 saturated carbocycles.